The third-order valence-electron chi connectivity index (χ3n) is 5.10. The molecule has 108 valence electrons. The molecular formula is C18H25NO. The largest absolute Gasteiger partial charge is 0.297 e. The summed E-state index contributed by atoms with van der Waals surface area (Å²) in [7, 11) is 0. The van der Waals surface area contributed by atoms with Gasteiger partial charge in [0.05, 0.1) is 5.54 Å². The van der Waals surface area contributed by atoms with Crippen LogP contribution in [0.3, 0.4) is 0 Å². The second kappa shape index (κ2) is 5.33. The van der Waals surface area contributed by atoms with Crippen molar-refractivity contribution in [2.45, 2.75) is 51.0 Å². The first-order chi connectivity index (χ1) is 9.60. The fraction of sp³-hybridized carbons (Fsp3) is 0.611. The van der Waals surface area contributed by atoms with Crippen molar-refractivity contribution in [3.05, 3.63) is 35.9 Å². The fourth-order valence-electron chi connectivity index (χ4n) is 3.62. The van der Waals surface area contributed by atoms with Crippen molar-refractivity contribution in [1.82, 2.24) is 4.90 Å². The number of ketones is 1. The first-order valence-electron chi connectivity index (χ1n) is 7.95. The van der Waals surface area contributed by atoms with Gasteiger partial charge in [-0.1, -0.05) is 36.8 Å². The molecule has 0 radical (unpaired) electrons. The summed E-state index contributed by atoms with van der Waals surface area (Å²) in [5.41, 5.74) is 1.05. The number of rotatable bonds is 4. The molecule has 0 bridgehead atoms. The summed E-state index contributed by atoms with van der Waals surface area (Å²) in [6, 6.07) is 10.5. The van der Waals surface area contributed by atoms with E-state index in [2.05, 4.69) is 43.0 Å². The van der Waals surface area contributed by atoms with Crippen LogP contribution in [0.5, 0.6) is 0 Å². The van der Waals surface area contributed by atoms with Crippen molar-refractivity contribution in [2.24, 2.45) is 5.92 Å². The number of nitrogens with zero attached hydrogens (tertiary/aromatic N) is 1. The molecule has 0 N–H and O–H groups in total. The third-order valence-corrected chi connectivity index (χ3v) is 5.10. The predicted octanol–water partition coefficient (Wildman–Crippen LogP) is 3.62. The van der Waals surface area contributed by atoms with E-state index in [1.54, 1.807) is 0 Å². The second-order valence-electron chi connectivity index (χ2n) is 6.83. The maximum absolute atomic E-state index is 12.9. The molecule has 0 spiro atoms. The lowest BCUT2D eigenvalue weighted by Crippen LogP contribution is -2.52. The summed E-state index contributed by atoms with van der Waals surface area (Å²) in [6.45, 7) is 6.42. The molecule has 2 nitrogen and oxygen atoms in total. The topological polar surface area (TPSA) is 20.3 Å². The van der Waals surface area contributed by atoms with Crippen LogP contribution in [-0.2, 0) is 4.79 Å². The van der Waals surface area contributed by atoms with Crippen LogP contribution in [0, 0.1) is 5.92 Å². The molecule has 1 aromatic carbocycles. The number of likely N-dealkylation sites (tertiary alicyclic amines) is 1. The van der Waals surface area contributed by atoms with Crippen LogP contribution in [-0.4, -0.2) is 29.3 Å². The van der Waals surface area contributed by atoms with Gasteiger partial charge in [0, 0.05) is 5.92 Å². The van der Waals surface area contributed by atoms with Gasteiger partial charge in [0.25, 0.3) is 0 Å². The van der Waals surface area contributed by atoms with Crippen molar-refractivity contribution >= 4 is 5.78 Å². The van der Waals surface area contributed by atoms with E-state index in [9.17, 15) is 4.79 Å². The zero-order valence-corrected chi connectivity index (χ0v) is 12.6. The van der Waals surface area contributed by atoms with E-state index in [-0.39, 0.29) is 11.5 Å². The van der Waals surface area contributed by atoms with Gasteiger partial charge in [0.15, 0.2) is 5.78 Å². The van der Waals surface area contributed by atoms with E-state index in [4.69, 9.17) is 0 Å². The molecule has 1 heterocycles. The van der Waals surface area contributed by atoms with E-state index in [0.29, 0.717) is 11.7 Å². The standard InChI is InChI=1S/C18H25NO/c1-18(2,19-11-7-4-8-12-19)17(20)16-13-15(16)14-9-5-3-6-10-14/h3,5-6,9-10,15-16H,4,7-8,11-13H2,1-2H3. The van der Waals surface area contributed by atoms with E-state index in [1.807, 2.05) is 6.07 Å². The van der Waals surface area contributed by atoms with Crippen LogP contribution in [0.1, 0.15) is 51.0 Å². The first-order valence-corrected chi connectivity index (χ1v) is 7.95. The molecule has 1 aliphatic carbocycles. The quantitative estimate of drug-likeness (QED) is 0.833. The Morgan fingerprint density at radius 3 is 2.40 bits per heavy atom. The van der Waals surface area contributed by atoms with Gasteiger partial charge >= 0.3 is 0 Å². The molecule has 3 rings (SSSR count). The number of benzene rings is 1. The first kappa shape index (κ1) is 13.8. The van der Waals surface area contributed by atoms with Crippen molar-refractivity contribution in [3.8, 4) is 0 Å². The number of hydrogen-bond donors (Lipinski definition) is 0. The Kier molecular flexibility index (Phi) is 3.68. The average Bonchev–Trinajstić information content (AvgIpc) is 3.28. The molecule has 2 heteroatoms. The molecular weight excluding hydrogens is 246 g/mol. The van der Waals surface area contributed by atoms with Crippen LogP contribution in [0.2, 0.25) is 0 Å². The van der Waals surface area contributed by atoms with Gasteiger partial charge in [-0.2, -0.15) is 0 Å². The van der Waals surface area contributed by atoms with Crippen LogP contribution in [0.25, 0.3) is 0 Å². The Morgan fingerprint density at radius 1 is 1.10 bits per heavy atom. The molecule has 1 aliphatic heterocycles. The highest BCUT2D eigenvalue weighted by Crippen LogP contribution is 2.50. The van der Waals surface area contributed by atoms with Crippen LogP contribution in [0.15, 0.2) is 30.3 Å². The molecule has 2 aliphatic rings. The van der Waals surface area contributed by atoms with Crippen molar-refractivity contribution in [2.75, 3.05) is 13.1 Å². The maximum atomic E-state index is 12.9. The van der Waals surface area contributed by atoms with E-state index < -0.39 is 0 Å². The lowest BCUT2D eigenvalue weighted by atomic mass is 9.89. The molecule has 1 aromatic rings. The summed E-state index contributed by atoms with van der Waals surface area (Å²) in [5, 5.41) is 0. The summed E-state index contributed by atoms with van der Waals surface area (Å²) >= 11 is 0. The molecule has 0 aromatic heterocycles. The molecule has 1 saturated heterocycles. The number of hydrogen-bond acceptors (Lipinski definition) is 2. The minimum Gasteiger partial charge on any atom is -0.297 e. The van der Waals surface area contributed by atoms with Gasteiger partial charge < -0.3 is 0 Å². The van der Waals surface area contributed by atoms with Crippen LogP contribution in [0.4, 0.5) is 0 Å². The Morgan fingerprint density at radius 2 is 1.75 bits per heavy atom. The van der Waals surface area contributed by atoms with E-state index >= 15 is 0 Å². The summed E-state index contributed by atoms with van der Waals surface area (Å²) in [5.74, 6) is 1.16. The number of Topliss-reactive ketones (excluding diaryl/α,β-unsaturated/α-hetero) is 1. The van der Waals surface area contributed by atoms with Gasteiger partial charge in [-0.3, -0.25) is 9.69 Å². The highest BCUT2D eigenvalue weighted by atomic mass is 16.1. The normalized spacial score (nSPS) is 27.3. The van der Waals surface area contributed by atoms with Gasteiger partial charge in [0.2, 0.25) is 0 Å². The third kappa shape index (κ3) is 2.54. The second-order valence-corrected chi connectivity index (χ2v) is 6.83. The zero-order valence-electron chi connectivity index (χ0n) is 12.6. The molecule has 20 heavy (non-hydrogen) atoms. The maximum Gasteiger partial charge on any atom is 0.156 e. The fourth-order valence-corrected chi connectivity index (χ4v) is 3.62. The van der Waals surface area contributed by atoms with E-state index in [1.165, 1.54) is 24.8 Å². The van der Waals surface area contributed by atoms with Crippen molar-refractivity contribution in [3.63, 3.8) is 0 Å². The minimum atomic E-state index is -0.283. The summed E-state index contributed by atoms with van der Waals surface area (Å²) in [4.78, 5) is 15.3. The van der Waals surface area contributed by atoms with Crippen molar-refractivity contribution in [1.29, 1.82) is 0 Å². The SMILES string of the molecule is CC(C)(C(=O)C1CC1c1ccccc1)N1CCCCC1. The summed E-state index contributed by atoms with van der Waals surface area (Å²) in [6.07, 6.45) is 4.84. The zero-order chi connectivity index (χ0) is 14.2. The van der Waals surface area contributed by atoms with Crippen LogP contribution < -0.4 is 0 Å². The van der Waals surface area contributed by atoms with E-state index in [0.717, 1.165) is 19.5 Å². The minimum absolute atomic E-state index is 0.245. The van der Waals surface area contributed by atoms with Gasteiger partial charge in [-0.15, -0.1) is 0 Å². The van der Waals surface area contributed by atoms with Gasteiger partial charge in [-0.05, 0) is 57.7 Å². The Bertz CT molecular complexity index is 473. The predicted molar refractivity (Wildman–Crippen MR) is 81.8 cm³/mol. The summed E-state index contributed by atoms with van der Waals surface area (Å²) < 4.78 is 0. The molecule has 2 fully saturated rings. The molecule has 1 saturated carbocycles. The smallest absolute Gasteiger partial charge is 0.156 e. The Hall–Kier alpha value is -1.15. The Balaban J connectivity index is 1.67. The molecule has 0 amide bonds. The van der Waals surface area contributed by atoms with Crippen molar-refractivity contribution < 1.29 is 4.79 Å². The number of carbonyl (C=O) groups is 1. The van der Waals surface area contributed by atoms with Gasteiger partial charge in [0.1, 0.15) is 0 Å². The van der Waals surface area contributed by atoms with Gasteiger partial charge in [-0.25, -0.2) is 0 Å². The Labute approximate surface area is 122 Å². The number of piperidine rings is 1. The monoisotopic (exact) mass is 271 g/mol. The molecule has 2 unspecified atom stereocenters. The average molecular weight is 271 g/mol. The highest BCUT2D eigenvalue weighted by molar-refractivity contribution is 5.92. The highest BCUT2D eigenvalue weighted by Gasteiger charge is 2.50. The lowest BCUT2D eigenvalue weighted by Gasteiger charge is -2.40. The number of carbonyl (C=O) groups excluding carboxylic acids is 1. The molecule has 2 atom stereocenters. The van der Waals surface area contributed by atoms with Crippen LogP contribution >= 0.6 is 0 Å². The lowest BCUT2D eigenvalue weighted by molar-refractivity contribution is -0.131.